The van der Waals surface area contributed by atoms with E-state index in [-0.39, 0.29) is 0 Å². The summed E-state index contributed by atoms with van der Waals surface area (Å²) in [6.07, 6.45) is 4.50. The lowest BCUT2D eigenvalue weighted by molar-refractivity contribution is 0.411. The van der Waals surface area contributed by atoms with E-state index in [0.717, 1.165) is 16.7 Å². The molecule has 0 radical (unpaired) electrons. The molecule has 0 aliphatic heterocycles. The number of aromatic nitrogens is 2. The van der Waals surface area contributed by atoms with Gasteiger partial charge in [-0.1, -0.05) is 35.0 Å². The lowest BCUT2D eigenvalue weighted by atomic mass is 10.1. The predicted molar refractivity (Wildman–Crippen MR) is 84.8 cm³/mol. The number of sulfone groups is 1. The Hall–Kier alpha value is -1.95. The molecule has 0 spiro atoms. The Labute approximate surface area is 130 Å². The molecule has 0 unspecified atom stereocenters. The Morgan fingerprint density at radius 1 is 1.23 bits per heavy atom. The van der Waals surface area contributed by atoms with E-state index in [1.165, 1.54) is 6.26 Å². The number of rotatable bonds is 4. The smallest absolute Gasteiger partial charge is 0.250 e. The summed E-state index contributed by atoms with van der Waals surface area (Å²) in [7, 11) is -3.09. The van der Waals surface area contributed by atoms with Gasteiger partial charge in [-0.2, -0.15) is 4.98 Å². The van der Waals surface area contributed by atoms with Gasteiger partial charge in [0.2, 0.25) is 5.82 Å². The molecule has 2 aromatic rings. The highest BCUT2D eigenvalue weighted by molar-refractivity contribution is 7.92. The Kier molecular flexibility index (Phi) is 3.44. The van der Waals surface area contributed by atoms with Crippen molar-refractivity contribution in [2.24, 2.45) is 0 Å². The highest BCUT2D eigenvalue weighted by Gasteiger charge is 2.53. The maximum atomic E-state index is 11.9. The molecule has 0 N–H and O–H groups in total. The number of benzene rings is 1. The summed E-state index contributed by atoms with van der Waals surface area (Å²) in [5.41, 5.74) is 2.73. The van der Waals surface area contributed by atoms with Crippen LogP contribution in [-0.4, -0.2) is 24.8 Å². The third-order valence-corrected chi connectivity index (χ3v) is 6.00. The molecule has 1 fully saturated rings. The summed E-state index contributed by atoms with van der Waals surface area (Å²) < 4.78 is 28.3. The van der Waals surface area contributed by atoms with Crippen LogP contribution < -0.4 is 0 Å². The first-order chi connectivity index (χ1) is 10.3. The fraction of sp³-hybridized carbons (Fsp3) is 0.375. The van der Waals surface area contributed by atoms with E-state index < -0.39 is 14.6 Å². The Morgan fingerprint density at radius 3 is 2.36 bits per heavy atom. The van der Waals surface area contributed by atoms with Crippen molar-refractivity contribution in [3.8, 4) is 11.4 Å². The van der Waals surface area contributed by atoms with Crippen molar-refractivity contribution in [2.45, 2.75) is 31.4 Å². The van der Waals surface area contributed by atoms with Gasteiger partial charge in [0, 0.05) is 17.9 Å². The fourth-order valence-electron chi connectivity index (χ4n) is 2.57. The fourth-order valence-corrected chi connectivity index (χ4v) is 3.98. The van der Waals surface area contributed by atoms with Crippen molar-refractivity contribution in [1.29, 1.82) is 0 Å². The first-order valence-corrected chi connectivity index (χ1v) is 9.00. The van der Waals surface area contributed by atoms with Crippen LogP contribution in [0.2, 0.25) is 0 Å². The second-order valence-electron chi connectivity index (χ2n) is 6.02. The van der Waals surface area contributed by atoms with Gasteiger partial charge < -0.3 is 4.52 Å². The molecule has 5 nitrogen and oxygen atoms in total. The standard InChI is InChI=1S/C16H18N2O3S/c1-11(2)10-14-17-15(18-21-14)12-4-6-13(7-5-12)16(8-9-16)22(3,19)20/h4-7,10H,8-9H2,1-3H3. The van der Waals surface area contributed by atoms with Crippen LogP contribution in [-0.2, 0) is 14.6 Å². The minimum atomic E-state index is -3.09. The molecule has 0 bridgehead atoms. The predicted octanol–water partition coefficient (Wildman–Crippen LogP) is 3.19. The molecule has 0 saturated heterocycles. The molecule has 1 aromatic heterocycles. The molecule has 116 valence electrons. The van der Waals surface area contributed by atoms with Crippen LogP contribution >= 0.6 is 0 Å². The van der Waals surface area contributed by atoms with E-state index in [4.69, 9.17) is 4.52 Å². The summed E-state index contributed by atoms with van der Waals surface area (Å²) in [5, 5.41) is 3.95. The molecule has 3 rings (SSSR count). The molecule has 1 aromatic carbocycles. The summed E-state index contributed by atoms with van der Waals surface area (Å²) in [4.78, 5) is 4.30. The first-order valence-electron chi connectivity index (χ1n) is 7.11. The van der Waals surface area contributed by atoms with Crippen molar-refractivity contribution in [3.63, 3.8) is 0 Å². The summed E-state index contributed by atoms with van der Waals surface area (Å²) in [6, 6.07) is 7.39. The highest BCUT2D eigenvalue weighted by atomic mass is 32.2. The quantitative estimate of drug-likeness (QED) is 0.865. The molecule has 22 heavy (non-hydrogen) atoms. The topological polar surface area (TPSA) is 73.1 Å². The Bertz CT molecular complexity index is 825. The van der Waals surface area contributed by atoms with E-state index in [1.54, 1.807) is 0 Å². The Morgan fingerprint density at radius 2 is 1.86 bits per heavy atom. The van der Waals surface area contributed by atoms with Crippen molar-refractivity contribution in [1.82, 2.24) is 10.1 Å². The number of allylic oxidation sites excluding steroid dienone is 1. The summed E-state index contributed by atoms with van der Waals surface area (Å²) in [5.74, 6) is 0.970. The van der Waals surface area contributed by atoms with E-state index in [0.29, 0.717) is 24.6 Å². The molecule has 1 aliphatic carbocycles. The van der Waals surface area contributed by atoms with Gasteiger partial charge in [0.25, 0.3) is 5.89 Å². The second kappa shape index (κ2) is 5.05. The lowest BCUT2D eigenvalue weighted by Crippen LogP contribution is -2.19. The Balaban J connectivity index is 1.89. The molecule has 0 amide bonds. The van der Waals surface area contributed by atoms with Crippen LogP contribution in [0.15, 0.2) is 34.4 Å². The van der Waals surface area contributed by atoms with Gasteiger partial charge in [0.15, 0.2) is 9.84 Å². The lowest BCUT2D eigenvalue weighted by Gasteiger charge is -2.13. The van der Waals surface area contributed by atoms with Gasteiger partial charge in [-0.15, -0.1) is 0 Å². The van der Waals surface area contributed by atoms with E-state index in [2.05, 4.69) is 10.1 Å². The van der Waals surface area contributed by atoms with Gasteiger partial charge in [-0.25, -0.2) is 8.42 Å². The molecule has 6 heteroatoms. The molecule has 1 aliphatic rings. The van der Waals surface area contributed by atoms with Gasteiger partial charge in [0.05, 0.1) is 4.75 Å². The molecule has 1 saturated carbocycles. The number of nitrogens with zero attached hydrogens (tertiary/aromatic N) is 2. The third-order valence-electron chi connectivity index (χ3n) is 3.94. The summed E-state index contributed by atoms with van der Waals surface area (Å²) >= 11 is 0. The highest BCUT2D eigenvalue weighted by Crippen LogP contribution is 2.52. The maximum Gasteiger partial charge on any atom is 0.250 e. The van der Waals surface area contributed by atoms with Crippen molar-refractivity contribution >= 4 is 15.9 Å². The van der Waals surface area contributed by atoms with Crippen molar-refractivity contribution in [3.05, 3.63) is 41.3 Å². The third kappa shape index (κ3) is 2.59. The zero-order valence-corrected chi connectivity index (χ0v) is 13.6. The SMILES string of the molecule is CC(C)=Cc1nc(-c2ccc(C3(S(C)(=O)=O)CC3)cc2)no1. The van der Waals surface area contributed by atoms with Crippen LogP contribution in [0.3, 0.4) is 0 Å². The van der Waals surface area contributed by atoms with Gasteiger partial charge in [-0.3, -0.25) is 0 Å². The molecule has 0 atom stereocenters. The van der Waals surface area contributed by atoms with Gasteiger partial charge in [0.1, 0.15) is 0 Å². The zero-order chi connectivity index (χ0) is 16.0. The minimum absolute atomic E-state index is 0.467. The van der Waals surface area contributed by atoms with Crippen molar-refractivity contribution < 1.29 is 12.9 Å². The average molecular weight is 318 g/mol. The van der Waals surface area contributed by atoms with E-state index in [9.17, 15) is 8.42 Å². The average Bonchev–Trinajstić information content (AvgIpc) is 3.14. The normalized spacial score (nSPS) is 16.3. The van der Waals surface area contributed by atoms with Crippen LogP contribution in [0.25, 0.3) is 17.5 Å². The van der Waals surface area contributed by atoms with Crippen LogP contribution in [0, 0.1) is 0 Å². The molecule has 1 heterocycles. The van der Waals surface area contributed by atoms with Crippen LogP contribution in [0.4, 0.5) is 0 Å². The zero-order valence-electron chi connectivity index (χ0n) is 12.8. The largest absolute Gasteiger partial charge is 0.334 e. The van der Waals surface area contributed by atoms with E-state index >= 15 is 0 Å². The monoisotopic (exact) mass is 318 g/mol. The van der Waals surface area contributed by atoms with Gasteiger partial charge >= 0.3 is 0 Å². The van der Waals surface area contributed by atoms with Crippen LogP contribution in [0.1, 0.15) is 38.1 Å². The van der Waals surface area contributed by atoms with Gasteiger partial charge in [-0.05, 0) is 32.3 Å². The van der Waals surface area contributed by atoms with Crippen LogP contribution in [0.5, 0.6) is 0 Å². The number of hydrogen-bond donors (Lipinski definition) is 0. The molecular weight excluding hydrogens is 300 g/mol. The van der Waals surface area contributed by atoms with Crippen molar-refractivity contribution in [2.75, 3.05) is 6.26 Å². The summed E-state index contributed by atoms with van der Waals surface area (Å²) in [6.45, 7) is 3.91. The molecular formula is C16H18N2O3S. The first kappa shape index (κ1) is 15.0. The maximum absolute atomic E-state index is 11.9. The number of hydrogen-bond acceptors (Lipinski definition) is 5. The minimum Gasteiger partial charge on any atom is -0.334 e. The van der Waals surface area contributed by atoms with E-state index in [1.807, 2.05) is 44.2 Å². The second-order valence-corrected chi connectivity index (χ2v) is 8.35.